The molecule has 0 saturated carbocycles. The van der Waals surface area contributed by atoms with Gasteiger partial charge in [-0.15, -0.1) is 11.3 Å². The van der Waals surface area contributed by atoms with Crippen molar-refractivity contribution in [2.75, 3.05) is 19.5 Å². The van der Waals surface area contributed by atoms with E-state index in [0.29, 0.717) is 16.5 Å². The van der Waals surface area contributed by atoms with Gasteiger partial charge >= 0.3 is 0 Å². The number of hydrogen-bond acceptors (Lipinski definition) is 4. The highest BCUT2D eigenvalue weighted by molar-refractivity contribution is 7.12. The first-order chi connectivity index (χ1) is 10.1. The van der Waals surface area contributed by atoms with Gasteiger partial charge in [0.25, 0.3) is 0 Å². The summed E-state index contributed by atoms with van der Waals surface area (Å²) in [7, 11) is 3.24. The van der Waals surface area contributed by atoms with Crippen LogP contribution >= 0.6 is 22.9 Å². The van der Waals surface area contributed by atoms with Gasteiger partial charge in [0.2, 0.25) is 0 Å². The fourth-order valence-corrected chi connectivity index (χ4v) is 3.28. The molecule has 0 amide bonds. The van der Waals surface area contributed by atoms with Crippen molar-refractivity contribution >= 4 is 28.6 Å². The van der Waals surface area contributed by atoms with Gasteiger partial charge < -0.3 is 14.8 Å². The molecular weight excluding hydrogens is 306 g/mol. The minimum absolute atomic E-state index is 0.190. The van der Waals surface area contributed by atoms with Gasteiger partial charge in [-0.1, -0.05) is 18.5 Å². The molecular formula is C16H20ClNO2S. The van der Waals surface area contributed by atoms with E-state index in [1.54, 1.807) is 20.3 Å². The van der Waals surface area contributed by atoms with Gasteiger partial charge in [-0.3, -0.25) is 0 Å². The maximum Gasteiger partial charge on any atom is 0.143 e. The molecule has 0 fully saturated rings. The lowest BCUT2D eigenvalue weighted by Crippen LogP contribution is -2.06. The molecule has 114 valence electrons. The van der Waals surface area contributed by atoms with Crippen molar-refractivity contribution < 1.29 is 9.47 Å². The molecule has 1 unspecified atom stereocenters. The molecule has 21 heavy (non-hydrogen) atoms. The summed E-state index contributed by atoms with van der Waals surface area (Å²) in [6.07, 6.45) is 1.06. The Bertz CT molecular complexity index is 612. The second-order valence-corrected chi connectivity index (χ2v) is 6.32. The Hall–Kier alpha value is -1.39. The number of rotatable bonds is 6. The quantitative estimate of drug-likeness (QED) is 0.796. The molecule has 5 heteroatoms. The van der Waals surface area contributed by atoms with E-state index in [4.69, 9.17) is 21.1 Å². The second-order valence-electron chi connectivity index (χ2n) is 4.71. The van der Waals surface area contributed by atoms with Crippen LogP contribution in [0.4, 0.5) is 5.69 Å². The zero-order valence-corrected chi connectivity index (χ0v) is 14.3. The number of hydrogen-bond donors (Lipinski definition) is 1. The second kappa shape index (κ2) is 7.05. The Morgan fingerprint density at radius 2 is 1.90 bits per heavy atom. The lowest BCUT2D eigenvalue weighted by molar-refractivity contribution is 0.404. The zero-order chi connectivity index (χ0) is 15.4. The first-order valence-corrected chi connectivity index (χ1v) is 8.05. The van der Waals surface area contributed by atoms with E-state index in [-0.39, 0.29) is 6.04 Å². The Morgan fingerprint density at radius 1 is 1.19 bits per heavy atom. The number of halogens is 1. The standard InChI is InChI=1S/C16H20ClNO2S/c1-5-11-6-7-16(21-11)10(2)18-13-9-14(19-3)12(17)8-15(13)20-4/h6-10,18H,5H2,1-4H3. The molecule has 2 aromatic rings. The zero-order valence-electron chi connectivity index (χ0n) is 12.7. The van der Waals surface area contributed by atoms with E-state index in [2.05, 4.69) is 31.3 Å². The number of anilines is 1. The molecule has 0 aliphatic carbocycles. The number of benzene rings is 1. The van der Waals surface area contributed by atoms with Crippen LogP contribution in [0.5, 0.6) is 11.5 Å². The van der Waals surface area contributed by atoms with Crippen molar-refractivity contribution in [1.29, 1.82) is 0 Å². The van der Waals surface area contributed by atoms with Crippen LogP contribution in [0.15, 0.2) is 24.3 Å². The van der Waals surface area contributed by atoms with E-state index >= 15 is 0 Å². The number of thiophene rings is 1. The summed E-state index contributed by atoms with van der Waals surface area (Å²) in [6.45, 7) is 4.30. The normalized spacial score (nSPS) is 12.0. The van der Waals surface area contributed by atoms with Crippen LogP contribution in [-0.2, 0) is 6.42 Å². The van der Waals surface area contributed by atoms with Crippen LogP contribution in [0.2, 0.25) is 5.02 Å². The Labute approximate surface area is 134 Å². The number of aryl methyl sites for hydroxylation is 1. The highest BCUT2D eigenvalue weighted by Crippen LogP contribution is 2.38. The molecule has 1 atom stereocenters. The van der Waals surface area contributed by atoms with E-state index in [1.165, 1.54) is 9.75 Å². The first kappa shape index (κ1) is 16.0. The largest absolute Gasteiger partial charge is 0.495 e. The van der Waals surface area contributed by atoms with Crippen LogP contribution in [-0.4, -0.2) is 14.2 Å². The van der Waals surface area contributed by atoms with Gasteiger partial charge in [0.05, 0.1) is 31.0 Å². The van der Waals surface area contributed by atoms with Crippen molar-refractivity contribution in [1.82, 2.24) is 0 Å². The molecule has 1 aromatic carbocycles. The summed E-state index contributed by atoms with van der Waals surface area (Å²) in [5.41, 5.74) is 0.873. The van der Waals surface area contributed by atoms with E-state index in [1.807, 2.05) is 17.4 Å². The van der Waals surface area contributed by atoms with Crippen LogP contribution in [0.1, 0.15) is 29.6 Å². The number of methoxy groups -OCH3 is 2. The molecule has 2 rings (SSSR count). The third-order valence-electron chi connectivity index (χ3n) is 3.30. The minimum atomic E-state index is 0.190. The minimum Gasteiger partial charge on any atom is -0.495 e. The van der Waals surface area contributed by atoms with Gasteiger partial charge in [0.15, 0.2) is 0 Å². The third kappa shape index (κ3) is 3.63. The summed E-state index contributed by atoms with van der Waals surface area (Å²) < 4.78 is 10.7. The highest BCUT2D eigenvalue weighted by Gasteiger charge is 2.14. The molecule has 1 heterocycles. The fraction of sp³-hybridized carbons (Fsp3) is 0.375. The molecule has 3 nitrogen and oxygen atoms in total. The molecule has 1 N–H and O–H groups in total. The van der Waals surface area contributed by atoms with Gasteiger partial charge in [-0.25, -0.2) is 0 Å². The SMILES string of the molecule is CCc1ccc(C(C)Nc2cc(OC)c(Cl)cc2OC)s1. The van der Waals surface area contributed by atoms with Crippen LogP contribution in [0.3, 0.4) is 0 Å². The van der Waals surface area contributed by atoms with Gasteiger partial charge in [0, 0.05) is 21.9 Å². The molecule has 0 radical (unpaired) electrons. The van der Waals surface area contributed by atoms with Crippen molar-refractivity contribution in [2.45, 2.75) is 26.3 Å². The third-order valence-corrected chi connectivity index (χ3v) is 5.01. The van der Waals surface area contributed by atoms with Gasteiger partial charge in [0.1, 0.15) is 11.5 Å². The summed E-state index contributed by atoms with van der Waals surface area (Å²) in [5, 5.41) is 4.00. The monoisotopic (exact) mass is 325 g/mol. The summed E-state index contributed by atoms with van der Waals surface area (Å²) >= 11 is 7.95. The summed E-state index contributed by atoms with van der Waals surface area (Å²) in [6, 6.07) is 8.17. The smallest absolute Gasteiger partial charge is 0.143 e. The molecule has 0 spiro atoms. The number of nitrogens with one attached hydrogen (secondary N) is 1. The van der Waals surface area contributed by atoms with E-state index < -0.39 is 0 Å². The highest BCUT2D eigenvalue weighted by atomic mass is 35.5. The molecule has 0 aliphatic rings. The molecule has 0 bridgehead atoms. The van der Waals surface area contributed by atoms with E-state index in [9.17, 15) is 0 Å². The van der Waals surface area contributed by atoms with Crippen molar-refractivity contribution in [3.8, 4) is 11.5 Å². The first-order valence-electron chi connectivity index (χ1n) is 6.85. The van der Waals surface area contributed by atoms with Crippen molar-refractivity contribution in [3.05, 3.63) is 39.0 Å². The number of ether oxygens (including phenoxy) is 2. The molecule has 0 saturated heterocycles. The fourth-order valence-electron chi connectivity index (χ4n) is 2.09. The van der Waals surface area contributed by atoms with E-state index in [0.717, 1.165) is 12.1 Å². The average molecular weight is 326 g/mol. The maximum absolute atomic E-state index is 6.13. The Morgan fingerprint density at radius 3 is 2.48 bits per heavy atom. The predicted octanol–water partition coefficient (Wildman–Crippen LogP) is 5.15. The summed E-state index contributed by atoms with van der Waals surface area (Å²) in [5.74, 6) is 1.34. The van der Waals surface area contributed by atoms with Crippen molar-refractivity contribution in [2.24, 2.45) is 0 Å². The maximum atomic E-state index is 6.13. The lowest BCUT2D eigenvalue weighted by Gasteiger charge is -2.18. The topological polar surface area (TPSA) is 30.5 Å². The van der Waals surface area contributed by atoms with Gasteiger partial charge in [-0.05, 0) is 25.5 Å². The average Bonchev–Trinajstić information content (AvgIpc) is 2.97. The van der Waals surface area contributed by atoms with Crippen LogP contribution < -0.4 is 14.8 Å². The van der Waals surface area contributed by atoms with Crippen molar-refractivity contribution in [3.63, 3.8) is 0 Å². The van der Waals surface area contributed by atoms with Crippen LogP contribution in [0, 0.1) is 0 Å². The predicted molar refractivity (Wildman–Crippen MR) is 90.3 cm³/mol. The Kier molecular flexibility index (Phi) is 5.37. The Balaban J connectivity index is 2.25. The molecule has 1 aromatic heterocycles. The van der Waals surface area contributed by atoms with Gasteiger partial charge in [-0.2, -0.15) is 0 Å². The lowest BCUT2D eigenvalue weighted by atomic mass is 10.2. The van der Waals surface area contributed by atoms with Crippen LogP contribution in [0.25, 0.3) is 0 Å². The summed E-state index contributed by atoms with van der Waals surface area (Å²) in [4.78, 5) is 2.68. The molecule has 0 aliphatic heterocycles.